The van der Waals surface area contributed by atoms with Crippen molar-refractivity contribution in [2.24, 2.45) is 0 Å². The standard InChI is InChI=1S/C13H18O6S/c1-10-2-4-13(5-3-10)20(15,16)19-9-12-8-17-11(6-14)7-18-12/h2-5,11-12,14H,6-9H2,1H3/t11-,12-/m1/s1. The summed E-state index contributed by atoms with van der Waals surface area (Å²) in [6, 6.07) is 6.43. The van der Waals surface area contributed by atoms with Gasteiger partial charge in [-0.3, -0.25) is 4.18 Å². The summed E-state index contributed by atoms with van der Waals surface area (Å²) in [5.41, 5.74) is 0.975. The molecule has 0 saturated carbocycles. The molecule has 0 bridgehead atoms. The lowest BCUT2D eigenvalue weighted by Gasteiger charge is -2.28. The zero-order valence-electron chi connectivity index (χ0n) is 11.2. The van der Waals surface area contributed by atoms with Gasteiger partial charge in [0, 0.05) is 0 Å². The molecule has 0 spiro atoms. The van der Waals surface area contributed by atoms with Crippen molar-refractivity contribution in [1.29, 1.82) is 0 Å². The van der Waals surface area contributed by atoms with Crippen molar-refractivity contribution in [1.82, 2.24) is 0 Å². The zero-order chi connectivity index (χ0) is 14.6. The molecule has 1 aromatic rings. The predicted molar refractivity (Wildman–Crippen MR) is 70.9 cm³/mol. The average molecular weight is 302 g/mol. The van der Waals surface area contributed by atoms with Gasteiger partial charge in [-0.1, -0.05) is 17.7 Å². The molecule has 6 nitrogen and oxygen atoms in total. The van der Waals surface area contributed by atoms with Crippen LogP contribution < -0.4 is 0 Å². The van der Waals surface area contributed by atoms with E-state index in [1.165, 1.54) is 12.1 Å². The summed E-state index contributed by atoms with van der Waals surface area (Å²) >= 11 is 0. The first-order valence-corrected chi connectivity index (χ1v) is 7.72. The van der Waals surface area contributed by atoms with Gasteiger partial charge >= 0.3 is 0 Å². The van der Waals surface area contributed by atoms with Gasteiger partial charge in [0.15, 0.2) is 0 Å². The van der Waals surface area contributed by atoms with Gasteiger partial charge in [-0.05, 0) is 19.1 Å². The van der Waals surface area contributed by atoms with E-state index in [4.69, 9.17) is 18.8 Å². The first-order chi connectivity index (χ1) is 9.51. The summed E-state index contributed by atoms with van der Waals surface area (Å²) in [6.07, 6.45) is -0.794. The number of hydrogen-bond acceptors (Lipinski definition) is 6. The van der Waals surface area contributed by atoms with Crippen molar-refractivity contribution >= 4 is 10.1 Å². The lowest BCUT2D eigenvalue weighted by molar-refractivity contribution is -0.152. The summed E-state index contributed by atoms with van der Waals surface area (Å²) in [6.45, 7) is 2.09. The molecule has 1 saturated heterocycles. The molecule has 1 fully saturated rings. The van der Waals surface area contributed by atoms with Crippen LogP contribution in [-0.4, -0.2) is 52.2 Å². The van der Waals surface area contributed by atoms with E-state index < -0.39 is 16.2 Å². The van der Waals surface area contributed by atoms with E-state index in [0.29, 0.717) is 0 Å². The molecule has 2 atom stereocenters. The fourth-order valence-corrected chi connectivity index (χ4v) is 2.66. The van der Waals surface area contributed by atoms with E-state index in [-0.39, 0.29) is 37.4 Å². The maximum Gasteiger partial charge on any atom is 0.297 e. The Morgan fingerprint density at radius 3 is 2.35 bits per heavy atom. The first kappa shape index (κ1) is 15.4. The van der Waals surface area contributed by atoms with E-state index >= 15 is 0 Å². The molecular weight excluding hydrogens is 284 g/mol. The Bertz CT molecular complexity index is 516. The molecule has 0 radical (unpaired) electrons. The Balaban J connectivity index is 1.88. The molecule has 20 heavy (non-hydrogen) atoms. The summed E-state index contributed by atoms with van der Waals surface area (Å²) in [5.74, 6) is 0. The highest BCUT2D eigenvalue weighted by molar-refractivity contribution is 7.86. The summed E-state index contributed by atoms with van der Waals surface area (Å²) in [4.78, 5) is 0.119. The van der Waals surface area contributed by atoms with Gasteiger partial charge in [0.05, 0.1) is 31.3 Å². The number of aliphatic hydroxyl groups is 1. The first-order valence-electron chi connectivity index (χ1n) is 6.31. The fraction of sp³-hybridized carbons (Fsp3) is 0.538. The van der Waals surface area contributed by atoms with Gasteiger partial charge in [-0.2, -0.15) is 8.42 Å². The fourth-order valence-electron chi connectivity index (χ4n) is 1.72. The van der Waals surface area contributed by atoms with E-state index in [0.717, 1.165) is 5.56 Å². The van der Waals surface area contributed by atoms with E-state index in [1.807, 2.05) is 6.92 Å². The Morgan fingerprint density at radius 1 is 1.20 bits per heavy atom. The molecule has 0 unspecified atom stereocenters. The largest absolute Gasteiger partial charge is 0.394 e. The molecule has 112 valence electrons. The molecular formula is C13H18O6S. The number of benzene rings is 1. The number of aliphatic hydroxyl groups excluding tert-OH is 1. The Labute approximate surface area is 118 Å². The van der Waals surface area contributed by atoms with Crippen molar-refractivity contribution in [2.45, 2.75) is 24.0 Å². The molecule has 1 N–H and O–H groups in total. The van der Waals surface area contributed by atoms with Crippen LogP contribution in [0.25, 0.3) is 0 Å². The van der Waals surface area contributed by atoms with Crippen molar-refractivity contribution in [2.75, 3.05) is 26.4 Å². The third-order valence-corrected chi connectivity index (χ3v) is 4.25. The van der Waals surface area contributed by atoms with Gasteiger partial charge < -0.3 is 14.6 Å². The van der Waals surface area contributed by atoms with Crippen molar-refractivity contribution < 1.29 is 27.2 Å². The Kier molecular flexibility index (Phi) is 5.11. The second-order valence-corrected chi connectivity index (χ2v) is 6.26. The monoisotopic (exact) mass is 302 g/mol. The minimum absolute atomic E-state index is 0.103. The molecule has 7 heteroatoms. The van der Waals surface area contributed by atoms with Crippen molar-refractivity contribution in [3.8, 4) is 0 Å². The molecule has 1 aliphatic rings. The van der Waals surface area contributed by atoms with Crippen LogP contribution in [0.5, 0.6) is 0 Å². The van der Waals surface area contributed by atoms with Crippen LogP contribution in [0.15, 0.2) is 29.2 Å². The second kappa shape index (κ2) is 6.64. The van der Waals surface area contributed by atoms with Crippen LogP contribution >= 0.6 is 0 Å². The maximum absolute atomic E-state index is 11.9. The van der Waals surface area contributed by atoms with Gasteiger partial charge in [0.1, 0.15) is 12.2 Å². The predicted octanol–water partition coefficient (Wildman–Crippen LogP) is 0.477. The molecule has 0 aliphatic carbocycles. The molecule has 2 rings (SSSR count). The highest BCUT2D eigenvalue weighted by atomic mass is 32.2. The van der Waals surface area contributed by atoms with Crippen molar-refractivity contribution in [3.05, 3.63) is 29.8 Å². The normalized spacial score (nSPS) is 23.7. The van der Waals surface area contributed by atoms with Crippen LogP contribution in [0.4, 0.5) is 0 Å². The Morgan fingerprint density at radius 2 is 1.80 bits per heavy atom. The van der Waals surface area contributed by atoms with Crippen molar-refractivity contribution in [3.63, 3.8) is 0 Å². The number of ether oxygens (including phenoxy) is 2. The topological polar surface area (TPSA) is 82.1 Å². The van der Waals surface area contributed by atoms with E-state index in [1.54, 1.807) is 12.1 Å². The zero-order valence-corrected chi connectivity index (χ0v) is 12.0. The number of rotatable bonds is 5. The molecule has 1 aliphatic heterocycles. The third kappa shape index (κ3) is 4.00. The van der Waals surface area contributed by atoms with Gasteiger partial charge in [0.25, 0.3) is 10.1 Å². The number of hydrogen-bond donors (Lipinski definition) is 1. The Hall–Kier alpha value is -0.990. The lowest BCUT2D eigenvalue weighted by Crippen LogP contribution is -2.40. The highest BCUT2D eigenvalue weighted by Crippen LogP contribution is 2.15. The minimum Gasteiger partial charge on any atom is -0.394 e. The van der Waals surface area contributed by atoms with Crippen LogP contribution in [0.2, 0.25) is 0 Å². The maximum atomic E-state index is 11.9. The minimum atomic E-state index is -3.78. The van der Waals surface area contributed by atoms with Gasteiger partial charge in [-0.25, -0.2) is 0 Å². The summed E-state index contributed by atoms with van der Waals surface area (Å²) in [7, 11) is -3.78. The average Bonchev–Trinajstić information content (AvgIpc) is 2.46. The lowest BCUT2D eigenvalue weighted by atomic mass is 10.2. The van der Waals surface area contributed by atoms with Crippen LogP contribution in [0.3, 0.4) is 0 Å². The van der Waals surface area contributed by atoms with Crippen LogP contribution in [0, 0.1) is 6.92 Å². The third-order valence-electron chi connectivity index (χ3n) is 2.96. The summed E-state index contributed by atoms with van der Waals surface area (Å²) < 4.78 is 39.5. The van der Waals surface area contributed by atoms with Gasteiger partial charge in [-0.15, -0.1) is 0 Å². The SMILES string of the molecule is Cc1ccc(S(=O)(=O)OC[C@H]2CO[C@H](CO)CO2)cc1. The van der Waals surface area contributed by atoms with E-state index in [2.05, 4.69) is 0 Å². The highest BCUT2D eigenvalue weighted by Gasteiger charge is 2.24. The smallest absolute Gasteiger partial charge is 0.297 e. The number of aryl methyl sites for hydroxylation is 1. The van der Waals surface area contributed by atoms with Crippen LogP contribution in [0.1, 0.15) is 5.56 Å². The van der Waals surface area contributed by atoms with Crippen LogP contribution in [-0.2, 0) is 23.8 Å². The van der Waals surface area contributed by atoms with Gasteiger partial charge in [0.2, 0.25) is 0 Å². The molecule has 0 aromatic heterocycles. The summed E-state index contributed by atoms with van der Waals surface area (Å²) in [5, 5.41) is 8.88. The molecule has 1 aromatic carbocycles. The van der Waals surface area contributed by atoms with E-state index in [9.17, 15) is 8.42 Å². The second-order valence-electron chi connectivity index (χ2n) is 4.64. The quantitative estimate of drug-likeness (QED) is 0.797. The molecule has 1 heterocycles. The molecule has 0 amide bonds.